The molecule has 0 radical (unpaired) electrons. The lowest BCUT2D eigenvalue weighted by Crippen LogP contribution is -2.04. The van der Waals surface area contributed by atoms with Crippen LogP contribution >= 0.6 is 23.4 Å². The number of nitrogens with zero attached hydrogens (tertiary/aromatic N) is 3. The van der Waals surface area contributed by atoms with Gasteiger partial charge < -0.3 is 4.74 Å². The van der Waals surface area contributed by atoms with Crippen molar-refractivity contribution in [3.05, 3.63) is 35.1 Å². The molecule has 7 heteroatoms. The van der Waals surface area contributed by atoms with Gasteiger partial charge in [-0.15, -0.1) is 0 Å². The van der Waals surface area contributed by atoms with Crippen LogP contribution in [-0.2, 0) is 7.05 Å². The molecule has 5 nitrogen and oxygen atoms in total. The van der Waals surface area contributed by atoms with Gasteiger partial charge in [-0.25, -0.2) is 9.67 Å². The Balaban J connectivity index is 2.04. The van der Waals surface area contributed by atoms with E-state index < -0.39 is 0 Å². The maximum atomic E-state index is 12.0. The van der Waals surface area contributed by atoms with Gasteiger partial charge in [0.05, 0.1) is 17.9 Å². The van der Waals surface area contributed by atoms with Crippen molar-refractivity contribution in [2.75, 3.05) is 12.9 Å². The molecule has 0 fully saturated rings. The number of hydrogen-bond donors (Lipinski definition) is 0. The molecule has 1 heterocycles. The van der Waals surface area contributed by atoms with Gasteiger partial charge in [0, 0.05) is 12.6 Å². The Hall–Kier alpha value is -1.53. The van der Waals surface area contributed by atoms with E-state index in [0.717, 1.165) is 0 Å². The Labute approximate surface area is 119 Å². The summed E-state index contributed by atoms with van der Waals surface area (Å²) in [6, 6.07) is 4.99. The quantitative estimate of drug-likeness (QED) is 0.627. The van der Waals surface area contributed by atoms with E-state index in [1.807, 2.05) is 0 Å². The fourth-order valence-corrected chi connectivity index (χ4v) is 2.51. The lowest BCUT2D eigenvalue weighted by molar-refractivity contribution is 0.102. The number of Topliss-reactive ketones (excluding diaryl/α,β-unsaturated/α-hetero) is 1. The number of benzene rings is 1. The molecule has 100 valence electrons. The van der Waals surface area contributed by atoms with Crippen LogP contribution in [0, 0.1) is 0 Å². The van der Waals surface area contributed by atoms with Crippen LogP contribution < -0.4 is 4.74 Å². The van der Waals surface area contributed by atoms with Crippen LogP contribution in [-0.4, -0.2) is 33.4 Å². The fourth-order valence-electron chi connectivity index (χ4n) is 1.47. The maximum Gasteiger partial charge on any atom is 0.186 e. The van der Waals surface area contributed by atoms with Crippen LogP contribution in [0.1, 0.15) is 10.4 Å². The highest BCUT2D eigenvalue weighted by molar-refractivity contribution is 7.99. The molecule has 2 rings (SSSR count). The smallest absolute Gasteiger partial charge is 0.186 e. The summed E-state index contributed by atoms with van der Waals surface area (Å²) in [5.74, 6) is 0.826. The van der Waals surface area contributed by atoms with Crippen molar-refractivity contribution in [2.24, 2.45) is 7.05 Å². The summed E-state index contributed by atoms with van der Waals surface area (Å²) in [6.07, 6.45) is 1.46. The van der Waals surface area contributed by atoms with Gasteiger partial charge in [-0.2, -0.15) is 5.10 Å². The van der Waals surface area contributed by atoms with E-state index in [4.69, 9.17) is 16.3 Å². The van der Waals surface area contributed by atoms with Gasteiger partial charge >= 0.3 is 0 Å². The zero-order chi connectivity index (χ0) is 13.8. The van der Waals surface area contributed by atoms with Crippen LogP contribution in [0.25, 0.3) is 0 Å². The molecule has 0 unspecified atom stereocenters. The molecule has 0 amide bonds. The Morgan fingerprint density at radius 1 is 1.53 bits per heavy atom. The van der Waals surface area contributed by atoms with Gasteiger partial charge in [-0.05, 0) is 18.2 Å². The zero-order valence-corrected chi connectivity index (χ0v) is 12.0. The third kappa shape index (κ3) is 3.27. The van der Waals surface area contributed by atoms with Crippen molar-refractivity contribution in [2.45, 2.75) is 5.16 Å². The minimum Gasteiger partial charge on any atom is -0.495 e. The summed E-state index contributed by atoms with van der Waals surface area (Å²) in [4.78, 5) is 16.1. The molecule has 0 saturated heterocycles. The Morgan fingerprint density at radius 3 is 2.89 bits per heavy atom. The number of rotatable bonds is 5. The highest BCUT2D eigenvalue weighted by atomic mass is 35.5. The minimum absolute atomic E-state index is 0.0162. The standard InChI is InChI=1S/C12H12ClN3O2S/c1-16-12(14-7-15-16)19-6-10(17)8-3-4-11(18-2)9(13)5-8/h3-5,7H,6H2,1-2H3. The van der Waals surface area contributed by atoms with Gasteiger partial charge in [-0.1, -0.05) is 23.4 Å². The van der Waals surface area contributed by atoms with Crippen molar-refractivity contribution in [1.29, 1.82) is 0 Å². The molecule has 2 aromatic rings. The van der Waals surface area contributed by atoms with Crippen molar-refractivity contribution in [3.63, 3.8) is 0 Å². The molecular weight excluding hydrogens is 286 g/mol. The normalized spacial score (nSPS) is 10.5. The third-order valence-corrected chi connectivity index (χ3v) is 3.81. The summed E-state index contributed by atoms with van der Waals surface area (Å²) in [7, 11) is 3.32. The van der Waals surface area contributed by atoms with Crippen LogP contribution in [0.4, 0.5) is 0 Å². The fraction of sp³-hybridized carbons (Fsp3) is 0.250. The van der Waals surface area contributed by atoms with E-state index in [1.54, 1.807) is 29.9 Å². The number of carbonyl (C=O) groups is 1. The number of hydrogen-bond acceptors (Lipinski definition) is 5. The average Bonchev–Trinajstić information content (AvgIpc) is 2.81. The molecule has 1 aromatic carbocycles. The highest BCUT2D eigenvalue weighted by Gasteiger charge is 2.11. The largest absolute Gasteiger partial charge is 0.495 e. The Morgan fingerprint density at radius 2 is 2.32 bits per heavy atom. The molecule has 0 atom stereocenters. The van der Waals surface area contributed by atoms with Gasteiger partial charge in [0.2, 0.25) is 0 Å². The monoisotopic (exact) mass is 297 g/mol. The van der Waals surface area contributed by atoms with E-state index in [9.17, 15) is 4.79 Å². The van der Waals surface area contributed by atoms with Crippen molar-refractivity contribution in [1.82, 2.24) is 14.8 Å². The molecular formula is C12H12ClN3O2S. The maximum absolute atomic E-state index is 12.0. The van der Waals surface area contributed by atoms with Gasteiger partial charge in [-0.3, -0.25) is 4.79 Å². The number of methoxy groups -OCH3 is 1. The molecule has 0 aliphatic rings. The lowest BCUT2D eigenvalue weighted by Gasteiger charge is -2.05. The molecule has 0 bridgehead atoms. The first-order valence-electron chi connectivity index (χ1n) is 5.45. The molecule has 0 N–H and O–H groups in total. The molecule has 19 heavy (non-hydrogen) atoms. The first kappa shape index (κ1) is 13.9. The number of aryl methyl sites for hydroxylation is 1. The summed E-state index contributed by atoms with van der Waals surface area (Å²) >= 11 is 7.33. The van der Waals surface area contributed by atoms with Crippen molar-refractivity contribution >= 4 is 29.1 Å². The first-order chi connectivity index (χ1) is 9.11. The van der Waals surface area contributed by atoms with E-state index in [0.29, 0.717) is 21.5 Å². The number of aromatic nitrogens is 3. The molecule has 0 aliphatic heterocycles. The summed E-state index contributed by atoms with van der Waals surface area (Å²) in [5.41, 5.74) is 0.556. The van der Waals surface area contributed by atoms with E-state index in [-0.39, 0.29) is 11.5 Å². The topological polar surface area (TPSA) is 57.0 Å². The Kier molecular flexibility index (Phi) is 4.44. The molecule has 0 aliphatic carbocycles. The second kappa shape index (κ2) is 6.08. The summed E-state index contributed by atoms with van der Waals surface area (Å²) in [6.45, 7) is 0. The van der Waals surface area contributed by atoms with Crippen LogP contribution in [0.5, 0.6) is 5.75 Å². The number of ketones is 1. The number of carbonyl (C=O) groups excluding carboxylic acids is 1. The molecule has 1 aromatic heterocycles. The van der Waals surface area contributed by atoms with Gasteiger partial charge in [0.25, 0.3) is 0 Å². The predicted octanol–water partition coefficient (Wildman–Crippen LogP) is 2.45. The third-order valence-electron chi connectivity index (χ3n) is 2.48. The van der Waals surface area contributed by atoms with Crippen molar-refractivity contribution in [3.8, 4) is 5.75 Å². The zero-order valence-electron chi connectivity index (χ0n) is 10.5. The van der Waals surface area contributed by atoms with Crippen LogP contribution in [0.2, 0.25) is 5.02 Å². The van der Waals surface area contributed by atoms with Crippen LogP contribution in [0.15, 0.2) is 29.7 Å². The second-order valence-corrected chi connectivity index (χ2v) is 5.08. The first-order valence-corrected chi connectivity index (χ1v) is 6.81. The lowest BCUT2D eigenvalue weighted by atomic mass is 10.1. The van der Waals surface area contributed by atoms with E-state index in [1.165, 1.54) is 25.2 Å². The van der Waals surface area contributed by atoms with E-state index in [2.05, 4.69) is 10.1 Å². The number of ether oxygens (including phenoxy) is 1. The number of halogens is 1. The minimum atomic E-state index is -0.0162. The van der Waals surface area contributed by atoms with Gasteiger partial charge in [0.15, 0.2) is 10.9 Å². The van der Waals surface area contributed by atoms with E-state index >= 15 is 0 Å². The highest BCUT2D eigenvalue weighted by Crippen LogP contribution is 2.26. The van der Waals surface area contributed by atoms with Crippen LogP contribution in [0.3, 0.4) is 0 Å². The SMILES string of the molecule is COc1ccc(C(=O)CSc2ncnn2C)cc1Cl. The average molecular weight is 298 g/mol. The Bertz CT molecular complexity index is 600. The predicted molar refractivity (Wildman–Crippen MR) is 74.1 cm³/mol. The second-order valence-electron chi connectivity index (χ2n) is 3.73. The van der Waals surface area contributed by atoms with Gasteiger partial charge in [0.1, 0.15) is 12.1 Å². The number of thioether (sulfide) groups is 1. The molecule has 0 saturated carbocycles. The van der Waals surface area contributed by atoms with Crippen molar-refractivity contribution < 1.29 is 9.53 Å². The summed E-state index contributed by atoms with van der Waals surface area (Å²) < 4.78 is 6.67. The summed E-state index contributed by atoms with van der Waals surface area (Å²) in [5, 5.41) is 5.07. The molecule has 0 spiro atoms.